The van der Waals surface area contributed by atoms with Crippen LogP contribution in [0.25, 0.3) is 33.2 Å². The number of nitrogens with two attached hydrogens (primary N) is 1. The van der Waals surface area contributed by atoms with Crippen LogP contribution in [0.5, 0.6) is 5.75 Å². The molecule has 0 aliphatic heterocycles. The normalized spacial score (nSPS) is 11.1. The lowest BCUT2D eigenvalue weighted by atomic mass is 9.99. The molecule has 0 spiro atoms. The third kappa shape index (κ3) is 5.04. The number of carbonyl (C=O) groups excluding carboxylic acids is 1. The molecular formula is C30H27NO5. The van der Waals surface area contributed by atoms with Crippen LogP contribution in [0.15, 0.2) is 94.4 Å². The average molecular weight is 482 g/mol. The number of benzene rings is 3. The largest absolute Gasteiger partial charge is 0.489 e. The lowest BCUT2D eigenvalue weighted by molar-refractivity contribution is -0.142. The minimum Gasteiger partial charge on any atom is -0.489 e. The molecule has 0 unspecified atom stereocenters. The number of furan rings is 2. The molecule has 0 aliphatic rings. The molecule has 5 rings (SSSR count). The summed E-state index contributed by atoms with van der Waals surface area (Å²) in [5.41, 5.74) is 13.4. The van der Waals surface area contributed by atoms with Crippen LogP contribution in [0.2, 0.25) is 0 Å². The fourth-order valence-corrected chi connectivity index (χ4v) is 4.28. The summed E-state index contributed by atoms with van der Waals surface area (Å²) in [4.78, 5) is 12.2. The minimum absolute atomic E-state index is 0.132. The van der Waals surface area contributed by atoms with Crippen molar-refractivity contribution in [2.24, 2.45) is 5.73 Å². The van der Waals surface area contributed by atoms with E-state index in [4.69, 9.17) is 24.0 Å². The number of ether oxygens (including phenoxy) is 2. The van der Waals surface area contributed by atoms with Crippen LogP contribution >= 0.6 is 0 Å². The molecule has 6 nitrogen and oxygen atoms in total. The first-order chi connectivity index (χ1) is 17.6. The van der Waals surface area contributed by atoms with Gasteiger partial charge in [-0.25, -0.2) is 0 Å². The van der Waals surface area contributed by atoms with Crippen LogP contribution < -0.4 is 10.5 Å². The Morgan fingerprint density at radius 2 is 1.83 bits per heavy atom. The molecular weight excluding hydrogens is 454 g/mol. The Kier molecular flexibility index (Phi) is 6.87. The maximum Gasteiger partial charge on any atom is 0.310 e. The van der Waals surface area contributed by atoms with Crippen molar-refractivity contribution < 1.29 is 23.1 Å². The molecule has 0 atom stereocenters. The van der Waals surface area contributed by atoms with Gasteiger partial charge in [-0.05, 0) is 65.6 Å². The molecule has 2 heterocycles. The monoisotopic (exact) mass is 481 g/mol. The van der Waals surface area contributed by atoms with Crippen LogP contribution in [0.3, 0.4) is 0 Å². The molecule has 0 amide bonds. The van der Waals surface area contributed by atoms with Crippen molar-refractivity contribution in [1.82, 2.24) is 0 Å². The quantitative estimate of drug-likeness (QED) is 0.242. The van der Waals surface area contributed by atoms with Crippen molar-refractivity contribution in [2.75, 3.05) is 6.61 Å². The summed E-state index contributed by atoms with van der Waals surface area (Å²) >= 11 is 0. The van der Waals surface area contributed by atoms with E-state index in [0.717, 1.165) is 49.9 Å². The van der Waals surface area contributed by atoms with Gasteiger partial charge in [0.2, 0.25) is 0 Å². The standard InChI is InChI=1S/C30H27NO5/c1-2-34-29(32)16-24-7-6-22(26-8-10-33-19-26)15-28(24)36-18-21-13-25-9-11-35-30(25)27(14-21)23-5-3-4-20(12-23)17-31/h3-15,19H,2,16-18,31H2,1H3. The van der Waals surface area contributed by atoms with Gasteiger partial charge in [-0.1, -0.05) is 30.3 Å². The Morgan fingerprint density at radius 1 is 0.917 bits per heavy atom. The number of esters is 1. The summed E-state index contributed by atoms with van der Waals surface area (Å²) in [6.07, 6.45) is 5.13. The van der Waals surface area contributed by atoms with Crippen LogP contribution in [0, 0.1) is 0 Å². The van der Waals surface area contributed by atoms with E-state index in [-0.39, 0.29) is 12.4 Å². The third-order valence-electron chi connectivity index (χ3n) is 6.04. The Morgan fingerprint density at radius 3 is 2.64 bits per heavy atom. The van der Waals surface area contributed by atoms with E-state index in [2.05, 4.69) is 18.2 Å². The zero-order chi connectivity index (χ0) is 24.9. The van der Waals surface area contributed by atoms with Crippen LogP contribution in [0.4, 0.5) is 0 Å². The minimum atomic E-state index is -0.291. The highest BCUT2D eigenvalue weighted by atomic mass is 16.5. The molecule has 0 radical (unpaired) electrons. The molecule has 5 aromatic rings. The SMILES string of the molecule is CCOC(=O)Cc1ccc(-c2ccoc2)cc1OCc1cc(-c2cccc(CN)c2)c2occc2c1. The molecule has 0 aliphatic carbocycles. The zero-order valence-electron chi connectivity index (χ0n) is 20.0. The predicted molar refractivity (Wildman–Crippen MR) is 138 cm³/mol. The number of carbonyl (C=O) groups is 1. The summed E-state index contributed by atoms with van der Waals surface area (Å²) in [6, 6.07) is 21.9. The van der Waals surface area contributed by atoms with Gasteiger partial charge in [0.05, 0.1) is 31.8 Å². The van der Waals surface area contributed by atoms with Gasteiger partial charge in [-0.15, -0.1) is 0 Å². The molecule has 2 aromatic heterocycles. The van der Waals surface area contributed by atoms with Gasteiger partial charge in [-0.2, -0.15) is 0 Å². The van der Waals surface area contributed by atoms with E-state index >= 15 is 0 Å². The summed E-state index contributed by atoms with van der Waals surface area (Å²) in [7, 11) is 0. The predicted octanol–water partition coefficient (Wildman–Crippen LogP) is 6.50. The Labute approximate surface area is 209 Å². The molecule has 0 fully saturated rings. The Hall–Kier alpha value is -4.29. The van der Waals surface area contributed by atoms with Gasteiger partial charge in [-0.3, -0.25) is 4.79 Å². The number of hydrogen-bond acceptors (Lipinski definition) is 6. The molecule has 0 saturated carbocycles. The van der Waals surface area contributed by atoms with Crippen molar-refractivity contribution >= 4 is 16.9 Å². The lowest BCUT2D eigenvalue weighted by Gasteiger charge is -2.14. The van der Waals surface area contributed by atoms with E-state index < -0.39 is 0 Å². The third-order valence-corrected chi connectivity index (χ3v) is 6.04. The van der Waals surface area contributed by atoms with Crippen LogP contribution in [-0.4, -0.2) is 12.6 Å². The summed E-state index contributed by atoms with van der Waals surface area (Å²) in [6.45, 7) is 2.91. The number of fused-ring (bicyclic) bond motifs is 1. The van der Waals surface area contributed by atoms with Gasteiger partial charge in [0.25, 0.3) is 0 Å². The van der Waals surface area contributed by atoms with Crippen molar-refractivity contribution in [3.63, 3.8) is 0 Å². The fourth-order valence-electron chi connectivity index (χ4n) is 4.28. The van der Waals surface area contributed by atoms with E-state index in [0.29, 0.717) is 25.5 Å². The van der Waals surface area contributed by atoms with Crippen LogP contribution in [0.1, 0.15) is 23.6 Å². The van der Waals surface area contributed by atoms with Gasteiger partial charge in [0, 0.05) is 28.6 Å². The molecule has 6 heteroatoms. The van der Waals surface area contributed by atoms with Gasteiger partial charge < -0.3 is 24.0 Å². The highest BCUT2D eigenvalue weighted by molar-refractivity contribution is 5.93. The second kappa shape index (κ2) is 10.5. The average Bonchev–Trinajstić information content (AvgIpc) is 3.60. The van der Waals surface area contributed by atoms with E-state index in [9.17, 15) is 4.79 Å². The van der Waals surface area contributed by atoms with Crippen LogP contribution in [-0.2, 0) is 29.1 Å². The van der Waals surface area contributed by atoms with Crippen molar-refractivity contribution in [2.45, 2.75) is 26.5 Å². The van der Waals surface area contributed by atoms with E-state index in [1.165, 1.54) is 0 Å². The van der Waals surface area contributed by atoms with Gasteiger partial charge in [0.1, 0.15) is 17.9 Å². The first kappa shape index (κ1) is 23.5. The number of hydrogen-bond donors (Lipinski definition) is 1. The second-order valence-electron chi connectivity index (χ2n) is 8.49. The molecule has 2 N–H and O–H groups in total. The highest BCUT2D eigenvalue weighted by Gasteiger charge is 2.15. The molecule has 36 heavy (non-hydrogen) atoms. The van der Waals surface area contributed by atoms with Gasteiger partial charge in [0.15, 0.2) is 0 Å². The smallest absolute Gasteiger partial charge is 0.310 e. The van der Waals surface area contributed by atoms with E-state index in [1.54, 1.807) is 25.7 Å². The van der Waals surface area contributed by atoms with Crippen molar-refractivity contribution in [3.8, 4) is 28.0 Å². The Bertz CT molecular complexity index is 1480. The summed E-state index contributed by atoms with van der Waals surface area (Å²) in [5, 5.41) is 0.989. The highest BCUT2D eigenvalue weighted by Crippen LogP contribution is 2.33. The van der Waals surface area contributed by atoms with Crippen molar-refractivity contribution in [3.05, 3.63) is 102 Å². The molecule has 0 bridgehead atoms. The molecule has 0 saturated heterocycles. The second-order valence-corrected chi connectivity index (χ2v) is 8.49. The molecule has 182 valence electrons. The summed E-state index contributed by atoms with van der Waals surface area (Å²) in [5.74, 6) is 0.334. The lowest BCUT2D eigenvalue weighted by Crippen LogP contribution is -2.09. The number of rotatable bonds is 9. The maximum atomic E-state index is 12.2. The zero-order valence-corrected chi connectivity index (χ0v) is 20.0. The van der Waals surface area contributed by atoms with Gasteiger partial charge >= 0.3 is 5.97 Å². The first-order valence-electron chi connectivity index (χ1n) is 11.9. The first-order valence-corrected chi connectivity index (χ1v) is 11.9. The maximum absolute atomic E-state index is 12.2. The Balaban J connectivity index is 1.47. The molecule has 3 aromatic carbocycles. The fraction of sp³-hybridized carbons (Fsp3) is 0.167. The topological polar surface area (TPSA) is 87.8 Å². The van der Waals surface area contributed by atoms with E-state index in [1.807, 2.05) is 48.5 Å². The summed E-state index contributed by atoms with van der Waals surface area (Å²) < 4.78 is 22.5. The van der Waals surface area contributed by atoms with Crippen molar-refractivity contribution in [1.29, 1.82) is 0 Å².